The van der Waals surface area contributed by atoms with E-state index in [1.54, 1.807) is 41.5 Å². The molecule has 0 radical (unpaired) electrons. The average Bonchev–Trinajstić information content (AvgIpc) is 3.10. The smallest absolute Gasteiger partial charge is 0.357 e. The predicted octanol–water partition coefficient (Wildman–Crippen LogP) is 4.81. The second-order valence-electron chi connectivity index (χ2n) is 5.79. The van der Waals surface area contributed by atoms with Crippen molar-refractivity contribution in [3.8, 4) is 0 Å². The minimum absolute atomic E-state index is 0.0642. The van der Waals surface area contributed by atoms with E-state index >= 15 is 0 Å². The zero-order valence-electron chi connectivity index (χ0n) is 15.0. The number of rotatable bonds is 9. The topological polar surface area (TPSA) is 59.5 Å². The Kier molecular flexibility index (Phi) is 8.06. The molecule has 0 bridgehead atoms. The van der Waals surface area contributed by atoms with Crippen LogP contribution in [0.15, 0.2) is 29.6 Å². The van der Waals surface area contributed by atoms with Gasteiger partial charge in [-0.2, -0.15) is 0 Å². The molecule has 0 aliphatic heterocycles. The molecule has 140 valence electrons. The highest BCUT2D eigenvalue weighted by molar-refractivity contribution is 7.09. The Balaban J connectivity index is 2.12. The van der Waals surface area contributed by atoms with Gasteiger partial charge in [0.2, 0.25) is 0 Å². The summed E-state index contributed by atoms with van der Waals surface area (Å²) >= 11 is 7.27. The van der Waals surface area contributed by atoms with E-state index in [0.29, 0.717) is 41.0 Å². The fourth-order valence-electron chi connectivity index (χ4n) is 2.43. The summed E-state index contributed by atoms with van der Waals surface area (Å²) in [6, 6.07) is 6.87. The lowest BCUT2D eigenvalue weighted by atomic mass is 10.2. The molecule has 7 heteroatoms. The largest absolute Gasteiger partial charge is 0.461 e. The summed E-state index contributed by atoms with van der Waals surface area (Å²) in [6.45, 7) is 5.20. The summed E-state index contributed by atoms with van der Waals surface area (Å²) in [5.41, 5.74) is 0.882. The van der Waals surface area contributed by atoms with Crippen molar-refractivity contribution in [3.63, 3.8) is 0 Å². The Morgan fingerprint density at radius 3 is 2.58 bits per heavy atom. The molecule has 0 unspecified atom stereocenters. The highest BCUT2D eigenvalue weighted by Crippen LogP contribution is 2.17. The number of carbonyl (C=O) groups is 2. The van der Waals surface area contributed by atoms with Crippen molar-refractivity contribution < 1.29 is 14.3 Å². The normalized spacial score (nSPS) is 10.6. The fourth-order valence-corrected chi connectivity index (χ4v) is 3.33. The van der Waals surface area contributed by atoms with Crippen molar-refractivity contribution in [1.29, 1.82) is 0 Å². The Labute approximate surface area is 162 Å². The van der Waals surface area contributed by atoms with Gasteiger partial charge in [0.25, 0.3) is 5.91 Å². The third-order valence-electron chi connectivity index (χ3n) is 3.77. The van der Waals surface area contributed by atoms with Gasteiger partial charge in [-0.3, -0.25) is 4.79 Å². The van der Waals surface area contributed by atoms with Gasteiger partial charge in [0.05, 0.1) is 13.2 Å². The summed E-state index contributed by atoms with van der Waals surface area (Å²) in [5, 5.41) is 2.98. The Morgan fingerprint density at radius 1 is 1.19 bits per heavy atom. The van der Waals surface area contributed by atoms with Crippen LogP contribution in [0.2, 0.25) is 5.02 Å². The van der Waals surface area contributed by atoms with E-state index in [-0.39, 0.29) is 5.91 Å². The Morgan fingerprint density at radius 2 is 1.92 bits per heavy atom. The summed E-state index contributed by atoms with van der Waals surface area (Å²) < 4.78 is 4.97. The lowest BCUT2D eigenvalue weighted by Crippen LogP contribution is -2.31. The average molecular weight is 395 g/mol. The number of nitrogens with zero attached hydrogens (tertiary/aromatic N) is 2. The highest BCUT2D eigenvalue weighted by Gasteiger charge is 2.19. The van der Waals surface area contributed by atoms with E-state index in [4.69, 9.17) is 16.3 Å². The molecule has 1 aromatic heterocycles. The van der Waals surface area contributed by atoms with Gasteiger partial charge in [-0.25, -0.2) is 9.78 Å². The molecule has 0 spiro atoms. The van der Waals surface area contributed by atoms with Crippen LogP contribution in [0, 0.1) is 0 Å². The Bertz CT molecular complexity index is 731. The summed E-state index contributed by atoms with van der Waals surface area (Å²) in [7, 11) is 0. The molecule has 0 saturated carbocycles. The van der Waals surface area contributed by atoms with E-state index in [0.717, 1.165) is 19.3 Å². The molecule has 2 aromatic rings. The minimum Gasteiger partial charge on any atom is -0.461 e. The first-order valence-electron chi connectivity index (χ1n) is 8.71. The number of carbonyl (C=O) groups excluding carboxylic acids is 2. The molecule has 2 rings (SSSR count). The van der Waals surface area contributed by atoms with Gasteiger partial charge >= 0.3 is 5.97 Å². The zero-order valence-corrected chi connectivity index (χ0v) is 16.6. The van der Waals surface area contributed by atoms with Crippen LogP contribution in [0.3, 0.4) is 0 Å². The van der Waals surface area contributed by atoms with Gasteiger partial charge in [0, 0.05) is 22.5 Å². The second-order valence-corrected chi connectivity index (χ2v) is 7.17. The fraction of sp³-hybridized carbons (Fsp3) is 0.421. The molecule has 0 atom stereocenters. The molecule has 0 aliphatic rings. The number of ether oxygens (including phenoxy) is 1. The zero-order chi connectivity index (χ0) is 18.9. The first-order valence-corrected chi connectivity index (χ1v) is 9.97. The molecular weight excluding hydrogens is 372 g/mol. The minimum atomic E-state index is -0.434. The van der Waals surface area contributed by atoms with E-state index in [2.05, 4.69) is 11.9 Å². The van der Waals surface area contributed by atoms with Crippen LogP contribution in [-0.4, -0.2) is 34.9 Å². The van der Waals surface area contributed by atoms with E-state index < -0.39 is 5.97 Å². The maximum Gasteiger partial charge on any atom is 0.357 e. The molecule has 1 amide bonds. The number of hydrogen-bond donors (Lipinski definition) is 0. The lowest BCUT2D eigenvalue weighted by molar-refractivity contribution is 0.0520. The predicted molar refractivity (Wildman–Crippen MR) is 104 cm³/mol. The summed E-state index contributed by atoms with van der Waals surface area (Å²) in [5.74, 6) is -0.498. The van der Waals surface area contributed by atoms with Crippen molar-refractivity contribution >= 4 is 34.8 Å². The molecular formula is C19H23ClN2O3S. The SMILES string of the molecule is CCCCCN(Cc1nc(C(=O)OCC)cs1)C(=O)c1ccc(Cl)cc1. The maximum absolute atomic E-state index is 12.9. The number of esters is 1. The Hall–Kier alpha value is -1.92. The van der Waals surface area contributed by atoms with Gasteiger partial charge in [-0.15, -0.1) is 11.3 Å². The number of thiazole rings is 1. The van der Waals surface area contributed by atoms with Crippen molar-refractivity contribution in [3.05, 3.63) is 50.9 Å². The van der Waals surface area contributed by atoms with Crippen LogP contribution in [0.5, 0.6) is 0 Å². The first kappa shape index (κ1) is 20.4. The number of benzene rings is 1. The molecule has 0 N–H and O–H groups in total. The van der Waals surface area contributed by atoms with Crippen LogP contribution >= 0.6 is 22.9 Å². The molecule has 1 aromatic carbocycles. The van der Waals surface area contributed by atoms with Crippen molar-refractivity contribution in [2.45, 2.75) is 39.7 Å². The van der Waals surface area contributed by atoms with Gasteiger partial charge in [0.1, 0.15) is 5.01 Å². The van der Waals surface area contributed by atoms with Crippen LogP contribution in [0.1, 0.15) is 59.0 Å². The first-order chi connectivity index (χ1) is 12.5. The number of aromatic nitrogens is 1. The number of amides is 1. The van der Waals surface area contributed by atoms with Gasteiger partial charge < -0.3 is 9.64 Å². The molecule has 1 heterocycles. The van der Waals surface area contributed by atoms with Crippen molar-refractivity contribution in [2.24, 2.45) is 0 Å². The molecule has 0 saturated heterocycles. The summed E-state index contributed by atoms with van der Waals surface area (Å²) in [4.78, 5) is 30.7. The lowest BCUT2D eigenvalue weighted by Gasteiger charge is -2.21. The maximum atomic E-state index is 12.9. The molecule has 26 heavy (non-hydrogen) atoms. The van der Waals surface area contributed by atoms with Gasteiger partial charge in [0.15, 0.2) is 5.69 Å². The number of hydrogen-bond acceptors (Lipinski definition) is 5. The number of unbranched alkanes of at least 4 members (excludes halogenated alkanes) is 2. The van der Waals surface area contributed by atoms with Gasteiger partial charge in [-0.05, 0) is 37.6 Å². The second kappa shape index (κ2) is 10.3. The number of halogens is 1. The molecule has 5 nitrogen and oxygen atoms in total. The van der Waals surface area contributed by atoms with Crippen LogP contribution in [0.25, 0.3) is 0 Å². The van der Waals surface area contributed by atoms with Crippen LogP contribution in [0.4, 0.5) is 0 Å². The third kappa shape index (κ3) is 5.81. The third-order valence-corrected chi connectivity index (χ3v) is 4.86. The monoisotopic (exact) mass is 394 g/mol. The standard InChI is InChI=1S/C19H23ClN2O3S/c1-3-5-6-11-22(18(23)14-7-9-15(20)10-8-14)12-17-21-16(13-26-17)19(24)25-4-2/h7-10,13H,3-6,11-12H2,1-2H3. The molecule has 0 fully saturated rings. The van der Waals surface area contributed by atoms with E-state index in [1.165, 1.54) is 11.3 Å². The van der Waals surface area contributed by atoms with Gasteiger partial charge in [-0.1, -0.05) is 31.4 Å². The van der Waals surface area contributed by atoms with E-state index in [9.17, 15) is 9.59 Å². The van der Waals surface area contributed by atoms with E-state index in [1.807, 2.05) is 0 Å². The molecule has 0 aliphatic carbocycles. The summed E-state index contributed by atoms with van der Waals surface area (Å²) in [6.07, 6.45) is 3.05. The van der Waals surface area contributed by atoms with Crippen LogP contribution < -0.4 is 0 Å². The van der Waals surface area contributed by atoms with Crippen LogP contribution in [-0.2, 0) is 11.3 Å². The van der Waals surface area contributed by atoms with Crippen molar-refractivity contribution in [1.82, 2.24) is 9.88 Å². The van der Waals surface area contributed by atoms with Crippen molar-refractivity contribution in [2.75, 3.05) is 13.2 Å². The quantitative estimate of drug-likeness (QED) is 0.452. The highest BCUT2D eigenvalue weighted by atomic mass is 35.5.